The molecule has 3 aromatic heterocycles. The first-order valence-corrected chi connectivity index (χ1v) is 15.4. The average Bonchev–Trinajstić information content (AvgIpc) is 3.70. The van der Waals surface area contributed by atoms with Crippen LogP contribution in [0.25, 0.3) is 99.3 Å². The lowest BCUT2D eigenvalue weighted by Gasteiger charge is -2.08. The highest BCUT2D eigenvalue weighted by atomic mass is 16.3. The van der Waals surface area contributed by atoms with Gasteiger partial charge in [0.2, 0.25) is 0 Å². The van der Waals surface area contributed by atoms with Gasteiger partial charge in [0, 0.05) is 27.1 Å². The van der Waals surface area contributed by atoms with Crippen molar-refractivity contribution in [2.45, 2.75) is 0 Å². The smallest absolute Gasteiger partial charge is 0.180 e. The van der Waals surface area contributed by atoms with E-state index in [1.165, 1.54) is 16.5 Å². The predicted molar refractivity (Wildman–Crippen MR) is 188 cm³/mol. The maximum atomic E-state index is 6.82. The third-order valence-electron chi connectivity index (χ3n) is 9.07. The molecule has 4 nitrogen and oxygen atoms in total. The van der Waals surface area contributed by atoms with Gasteiger partial charge in [0.15, 0.2) is 11.4 Å². The van der Waals surface area contributed by atoms with Crippen molar-refractivity contribution in [3.63, 3.8) is 0 Å². The molecule has 0 atom stereocenters. The van der Waals surface area contributed by atoms with E-state index in [-0.39, 0.29) is 0 Å². The Hall–Kier alpha value is -6.26. The SMILES string of the molecule is c1ccc(-c2cc3c4cccc(-c5nc(-c6ccc7ccccc7c6)c6oc7ccccc7c6n5)c4oc3c3ccccc23)cc1. The molecule has 0 saturated carbocycles. The Labute approximate surface area is 263 Å². The fourth-order valence-corrected chi connectivity index (χ4v) is 6.90. The summed E-state index contributed by atoms with van der Waals surface area (Å²) in [5.41, 5.74) is 8.80. The maximum Gasteiger partial charge on any atom is 0.180 e. The van der Waals surface area contributed by atoms with E-state index < -0.39 is 0 Å². The highest BCUT2D eigenvalue weighted by molar-refractivity contribution is 6.20. The Bertz CT molecular complexity index is 2810. The van der Waals surface area contributed by atoms with Crippen molar-refractivity contribution in [2.24, 2.45) is 0 Å². The van der Waals surface area contributed by atoms with Gasteiger partial charge in [0.25, 0.3) is 0 Å². The molecule has 7 aromatic carbocycles. The van der Waals surface area contributed by atoms with Crippen molar-refractivity contribution in [1.29, 1.82) is 0 Å². The standard InChI is InChI=1S/C42H24N2O2/c1-2-12-26(13-3-1)34-24-35-31-18-10-19-33(39(31)46-40(35)30-16-7-6-15-29(30)34)42-43-37(28-22-21-25-11-4-5-14-27(25)23-28)41-38(44-42)32-17-8-9-20-36(32)45-41/h1-24H. The lowest BCUT2D eigenvalue weighted by atomic mass is 9.95. The summed E-state index contributed by atoms with van der Waals surface area (Å²) in [7, 11) is 0. The molecule has 0 aliphatic rings. The van der Waals surface area contributed by atoms with E-state index in [0.717, 1.165) is 71.4 Å². The van der Waals surface area contributed by atoms with Crippen molar-refractivity contribution >= 4 is 65.6 Å². The third-order valence-corrected chi connectivity index (χ3v) is 9.07. The number of hydrogen-bond acceptors (Lipinski definition) is 4. The molecule has 0 radical (unpaired) electrons. The van der Waals surface area contributed by atoms with Gasteiger partial charge < -0.3 is 8.83 Å². The van der Waals surface area contributed by atoms with Crippen LogP contribution in [0.1, 0.15) is 0 Å². The first-order valence-electron chi connectivity index (χ1n) is 15.4. The molecule has 46 heavy (non-hydrogen) atoms. The lowest BCUT2D eigenvalue weighted by Crippen LogP contribution is -1.94. The van der Waals surface area contributed by atoms with Gasteiger partial charge in [-0.2, -0.15) is 0 Å². The molecule has 0 aliphatic heterocycles. The fraction of sp³-hybridized carbons (Fsp3) is 0. The monoisotopic (exact) mass is 588 g/mol. The lowest BCUT2D eigenvalue weighted by molar-refractivity contribution is 0.666. The highest BCUT2D eigenvalue weighted by Gasteiger charge is 2.22. The minimum atomic E-state index is 0.597. The summed E-state index contributed by atoms with van der Waals surface area (Å²) in [6.45, 7) is 0. The molecule has 214 valence electrons. The zero-order valence-corrected chi connectivity index (χ0v) is 24.6. The van der Waals surface area contributed by atoms with Crippen LogP contribution >= 0.6 is 0 Å². The molecule has 0 bridgehead atoms. The number of furan rings is 2. The number of benzene rings is 7. The van der Waals surface area contributed by atoms with Crippen LogP contribution in [0.15, 0.2) is 154 Å². The average molecular weight is 589 g/mol. The largest absolute Gasteiger partial charge is 0.455 e. The van der Waals surface area contributed by atoms with Gasteiger partial charge in [0.05, 0.1) is 5.56 Å². The molecule has 0 spiro atoms. The molecule has 0 N–H and O–H groups in total. The first-order chi connectivity index (χ1) is 22.8. The molecule has 0 saturated heterocycles. The van der Waals surface area contributed by atoms with Crippen molar-refractivity contribution in [3.8, 4) is 33.8 Å². The Balaban J connectivity index is 1.28. The second-order valence-corrected chi connectivity index (χ2v) is 11.7. The highest BCUT2D eigenvalue weighted by Crippen LogP contribution is 2.43. The summed E-state index contributed by atoms with van der Waals surface area (Å²) in [6.07, 6.45) is 0. The molecule has 10 rings (SSSR count). The predicted octanol–water partition coefficient (Wildman–Crippen LogP) is 11.6. The summed E-state index contributed by atoms with van der Waals surface area (Å²) in [6, 6.07) is 50.3. The zero-order chi connectivity index (χ0) is 30.2. The molecule has 4 heteroatoms. The zero-order valence-electron chi connectivity index (χ0n) is 24.6. The number of hydrogen-bond donors (Lipinski definition) is 0. The summed E-state index contributed by atoms with van der Waals surface area (Å²) in [4.78, 5) is 10.4. The topological polar surface area (TPSA) is 52.1 Å². The van der Waals surface area contributed by atoms with Gasteiger partial charge in [0.1, 0.15) is 28.0 Å². The van der Waals surface area contributed by atoms with E-state index in [4.69, 9.17) is 18.8 Å². The molecule has 3 heterocycles. The quantitative estimate of drug-likeness (QED) is 0.206. The molecule has 0 fully saturated rings. The second-order valence-electron chi connectivity index (χ2n) is 11.7. The minimum absolute atomic E-state index is 0.597. The van der Waals surface area contributed by atoms with Gasteiger partial charge in [-0.15, -0.1) is 0 Å². The van der Waals surface area contributed by atoms with Gasteiger partial charge in [-0.1, -0.05) is 115 Å². The molecular weight excluding hydrogens is 564 g/mol. The Morgan fingerprint density at radius 2 is 1.11 bits per heavy atom. The molecule has 0 aliphatic carbocycles. The van der Waals surface area contributed by atoms with Crippen LogP contribution < -0.4 is 0 Å². The van der Waals surface area contributed by atoms with E-state index in [1.54, 1.807) is 0 Å². The van der Waals surface area contributed by atoms with E-state index >= 15 is 0 Å². The minimum Gasteiger partial charge on any atom is -0.455 e. The summed E-state index contributed by atoms with van der Waals surface area (Å²) in [5, 5.41) is 7.61. The maximum absolute atomic E-state index is 6.82. The summed E-state index contributed by atoms with van der Waals surface area (Å²) in [5.74, 6) is 0.597. The van der Waals surface area contributed by atoms with Crippen LogP contribution in [0.4, 0.5) is 0 Å². The van der Waals surface area contributed by atoms with Gasteiger partial charge in [-0.25, -0.2) is 9.97 Å². The number of nitrogens with zero attached hydrogens (tertiary/aromatic N) is 2. The van der Waals surface area contributed by atoms with E-state index in [9.17, 15) is 0 Å². The Kier molecular flexibility index (Phi) is 5.25. The Morgan fingerprint density at radius 1 is 0.391 bits per heavy atom. The first kappa shape index (κ1) is 25.1. The number of fused-ring (bicyclic) bond motifs is 9. The van der Waals surface area contributed by atoms with Gasteiger partial charge >= 0.3 is 0 Å². The van der Waals surface area contributed by atoms with Crippen molar-refractivity contribution < 1.29 is 8.83 Å². The van der Waals surface area contributed by atoms with Crippen LogP contribution in [0.3, 0.4) is 0 Å². The van der Waals surface area contributed by atoms with E-state index in [0.29, 0.717) is 11.4 Å². The number of rotatable bonds is 3. The summed E-state index contributed by atoms with van der Waals surface area (Å²) >= 11 is 0. The van der Waals surface area contributed by atoms with Crippen molar-refractivity contribution in [2.75, 3.05) is 0 Å². The van der Waals surface area contributed by atoms with Crippen molar-refractivity contribution in [1.82, 2.24) is 9.97 Å². The molecule has 0 unspecified atom stereocenters. The van der Waals surface area contributed by atoms with Crippen LogP contribution in [-0.2, 0) is 0 Å². The van der Waals surface area contributed by atoms with E-state index in [2.05, 4.69) is 127 Å². The summed E-state index contributed by atoms with van der Waals surface area (Å²) < 4.78 is 13.3. The molecular formula is C42H24N2O2. The number of aromatic nitrogens is 2. The Morgan fingerprint density at radius 3 is 2.00 bits per heavy atom. The molecule has 0 amide bonds. The van der Waals surface area contributed by atoms with Gasteiger partial charge in [-0.3, -0.25) is 0 Å². The van der Waals surface area contributed by atoms with Crippen LogP contribution in [0, 0.1) is 0 Å². The normalized spacial score (nSPS) is 11.9. The fourth-order valence-electron chi connectivity index (χ4n) is 6.90. The van der Waals surface area contributed by atoms with Crippen LogP contribution in [0.5, 0.6) is 0 Å². The van der Waals surface area contributed by atoms with Crippen LogP contribution in [-0.4, -0.2) is 9.97 Å². The van der Waals surface area contributed by atoms with E-state index in [1.807, 2.05) is 18.2 Å². The number of para-hydroxylation sites is 2. The van der Waals surface area contributed by atoms with Gasteiger partial charge in [-0.05, 0) is 57.6 Å². The van der Waals surface area contributed by atoms with Crippen LogP contribution in [0.2, 0.25) is 0 Å². The third kappa shape index (κ3) is 3.67. The second kappa shape index (κ2) is 9.62. The van der Waals surface area contributed by atoms with Crippen molar-refractivity contribution in [3.05, 3.63) is 146 Å². The molecule has 10 aromatic rings.